The Balaban J connectivity index is 1.60. The van der Waals surface area contributed by atoms with Crippen LogP contribution in [0.5, 0.6) is 0 Å². The van der Waals surface area contributed by atoms with Crippen LogP contribution < -0.4 is 10.2 Å². The molecule has 2 aromatic rings. The zero-order valence-corrected chi connectivity index (χ0v) is 13.7. The van der Waals surface area contributed by atoms with Crippen molar-refractivity contribution in [1.82, 2.24) is 5.32 Å². The van der Waals surface area contributed by atoms with Gasteiger partial charge in [-0.1, -0.05) is 6.07 Å². The number of aliphatic hydroxyl groups is 1. The van der Waals surface area contributed by atoms with Crippen LogP contribution in [0.15, 0.2) is 41.0 Å². The van der Waals surface area contributed by atoms with Gasteiger partial charge in [-0.05, 0) is 36.8 Å². The maximum absolute atomic E-state index is 14.4. The first-order chi connectivity index (χ1) is 11.6. The third-order valence-corrected chi connectivity index (χ3v) is 4.31. The second-order valence-electron chi connectivity index (χ2n) is 5.97. The highest BCUT2D eigenvalue weighted by molar-refractivity contribution is 5.49. The number of morpholine rings is 1. The zero-order chi connectivity index (χ0) is 16.9. The molecule has 130 valence electrons. The van der Waals surface area contributed by atoms with E-state index in [2.05, 4.69) is 5.32 Å². The van der Waals surface area contributed by atoms with Crippen molar-refractivity contribution in [2.75, 3.05) is 37.7 Å². The Labute approximate surface area is 141 Å². The summed E-state index contributed by atoms with van der Waals surface area (Å²) in [5.74, 6) is 0.290. The van der Waals surface area contributed by atoms with Gasteiger partial charge in [-0.15, -0.1) is 0 Å². The number of furan rings is 1. The van der Waals surface area contributed by atoms with Gasteiger partial charge in [-0.3, -0.25) is 0 Å². The Morgan fingerprint density at radius 3 is 2.75 bits per heavy atom. The molecule has 0 bridgehead atoms. The summed E-state index contributed by atoms with van der Waals surface area (Å²) in [6, 6.07) is 8.68. The van der Waals surface area contributed by atoms with Crippen LogP contribution in [0.2, 0.25) is 0 Å². The first kappa shape index (κ1) is 17.0. The molecule has 1 aromatic carbocycles. The lowest BCUT2D eigenvalue weighted by Crippen LogP contribution is -2.36. The van der Waals surface area contributed by atoms with Gasteiger partial charge in [-0.25, -0.2) is 4.39 Å². The molecule has 0 saturated carbocycles. The first-order valence-electron chi connectivity index (χ1n) is 8.22. The van der Waals surface area contributed by atoms with E-state index in [0.717, 1.165) is 5.56 Å². The standard InChI is InChI=1S/C18H23FN2O3/c1-13(20-12-17(22)18-3-2-8-24-18)14-4-5-16(15(19)11-14)21-6-9-23-10-7-21/h2-5,8,11,13,17,20,22H,6-7,9-10,12H2,1H3. The number of hydrogen-bond acceptors (Lipinski definition) is 5. The molecule has 6 heteroatoms. The van der Waals surface area contributed by atoms with Crippen LogP contribution in [0.1, 0.15) is 30.4 Å². The summed E-state index contributed by atoms with van der Waals surface area (Å²) in [6.45, 7) is 4.95. The van der Waals surface area contributed by atoms with Gasteiger partial charge in [0.1, 0.15) is 17.7 Å². The lowest BCUT2D eigenvalue weighted by molar-refractivity contribution is 0.122. The Morgan fingerprint density at radius 1 is 1.29 bits per heavy atom. The van der Waals surface area contributed by atoms with Crippen LogP contribution >= 0.6 is 0 Å². The van der Waals surface area contributed by atoms with E-state index >= 15 is 0 Å². The highest BCUT2D eigenvalue weighted by atomic mass is 19.1. The van der Waals surface area contributed by atoms with Gasteiger partial charge in [0.2, 0.25) is 0 Å². The average Bonchev–Trinajstić information content (AvgIpc) is 3.14. The largest absolute Gasteiger partial charge is 0.467 e. The van der Waals surface area contributed by atoms with E-state index in [9.17, 15) is 9.50 Å². The van der Waals surface area contributed by atoms with Gasteiger partial charge in [0.05, 0.1) is 25.2 Å². The summed E-state index contributed by atoms with van der Waals surface area (Å²) in [5, 5.41) is 13.2. The molecule has 2 N–H and O–H groups in total. The molecule has 1 aliphatic heterocycles. The Kier molecular flexibility index (Phi) is 5.50. The normalized spacial score (nSPS) is 17.7. The monoisotopic (exact) mass is 334 g/mol. The third-order valence-electron chi connectivity index (χ3n) is 4.31. The number of nitrogens with zero attached hydrogens (tertiary/aromatic N) is 1. The van der Waals surface area contributed by atoms with Gasteiger partial charge in [0.15, 0.2) is 0 Å². The molecule has 0 amide bonds. The van der Waals surface area contributed by atoms with Gasteiger partial charge in [0, 0.05) is 25.7 Å². The van der Waals surface area contributed by atoms with Crippen LogP contribution in [-0.2, 0) is 4.74 Å². The summed E-state index contributed by atoms with van der Waals surface area (Å²) in [4.78, 5) is 2.00. The predicted molar refractivity (Wildman–Crippen MR) is 89.5 cm³/mol. The molecule has 0 spiro atoms. The van der Waals surface area contributed by atoms with E-state index in [1.165, 1.54) is 6.26 Å². The Bertz CT molecular complexity index is 642. The first-order valence-corrected chi connectivity index (χ1v) is 8.22. The molecule has 0 radical (unpaired) electrons. The zero-order valence-electron chi connectivity index (χ0n) is 13.7. The molecule has 2 atom stereocenters. The van der Waals surface area contributed by atoms with E-state index in [-0.39, 0.29) is 11.9 Å². The molecule has 2 unspecified atom stereocenters. The second-order valence-corrected chi connectivity index (χ2v) is 5.97. The van der Waals surface area contributed by atoms with Gasteiger partial charge < -0.3 is 24.5 Å². The number of halogens is 1. The van der Waals surface area contributed by atoms with E-state index in [4.69, 9.17) is 9.15 Å². The van der Waals surface area contributed by atoms with Gasteiger partial charge in [-0.2, -0.15) is 0 Å². The minimum Gasteiger partial charge on any atom is -0.467 e. The maximum Gasteiger partial charge on any atom is 0.146 e. The molecule has 1 saturated heterocycles. The van der Waals surface area contributed by atoms with Crippen molar-refractivity contribution in [1.29, 1.82) is 0 Å². The van der Waals surface area contributed by atoms with Crippen molar-refractivity contribution in [3.8, 4) is 0 Å². The van der Waals surface area contributed by atoms with Crippen molar-refractivity contribution in [2.24, 2.45) is 0 Å². The van der Waals surface area contributed by atoms with Gasteiger partial charge >= 0.3 is 0 Å². The number of benzene rings is 1. The molecule has 5 nitrogen and oxygen atoms in total. The molecule has 0 aliphatic carbocycles. The number of ether oxygens (including phenoxy) is 1. The topological polar surface area (TPSA) is 57.9 Å². The summed E-state index contributed by atoms with van der Waals surface area (Å²) >= 11 is 0. The molecular weight excluding hydrogens is 311 g/mol. The highest BCUT2D eigenvalue weighted by Gasteiger charge is 2.17. The van der Waals surface area contributed by atoms with E-state index < -0.39 is 6.10 Å². The van der Waals surface area contributed by atoms with Crippen LogP contribution in [0.4, 0.5) is 10.1 Å². The smallest absolute Gasteiger partial charge is 0.146 e. The summed E-state index contributed by atoms with van der Waals surface area (Å²) in [5.41, 5.74) is 1.46. The van der Waals surface area contributed by atoms with Crippen molar-refractivity contribution in [3.63, 3.8) is 0 Å². The van der Waals surface area contributed by atoms with E-state index in [1.807, 2.05) is 24.0 Å². The van der Waals surface area contributed by atoms with Crippen LogP contribution in [0.3, 0.4) is 0 Å². The molecular formula is C18H23FN2O3. The lowest BCUT2D eigenvalue weighted by Gasteiger charge is -2.29. The fourth-order valence-corrected chi connectivity index (χ4v) is 2.84. The van der Waals surface area contributed by atoms with Crippen molar-refractivity contribution in [2.45, 2.75) is 19.1 Å². The number of anilines is 1. The molecule has 24 heavy (non-hydrogen) atoms. The fraction of sp³-hybridized carbons (Fsp3) is 0.444. The predicted octanol–water partition coefficient (Wildman–Crippen LogP) is 2.64. The highest BCUT2D eigenvalue weighted by Crippen LogP contribution is 2.24. The molecule has 2 heterocycles. The molecule has 1 fully saturated rings. The second kappa shape index (κ2) is 7.79. The van der Waals surface area contributed by atoms with Crippen molar-refractivity contribution >= 4 is 5.69 Å². The third kappa shape index (κ3) is 3.95. The SMILES string of the molecule is CC(NCC(O)c1ccco1)c1ccc(N2CCOCC2)c(F)c1. The lowest BCUT2D eigenvalue weighted by atomic mass is 10.1. The number of hydrogen-bond donors (Lipinski definition) is 2. The number of aliphatic hydroxyl groups excluding tert-OH is 1. The van der Waals surface area contributed by atoms with E-state index in [0.29, 0.717) is 44.3 Å². The summed E-state index contributed by atoms with van der Waals surface area (Å²) in [6.07, 6.45) is 0.807. The maximum atomic E-state index is 14.4. The summed E-state index contributed by atoms with van der Waals surface area (Å²) in [7, 11) is 0. The minimum atomic E-state index is -0.722. The Hall–Kier alpha value is -1.89. The number of nitrogens with one attached hydrogen (secondary N) is 1. The van der Waals surface area contributed by atoms with Crippen LogP contribution in [0, 0.1) is 5.82 Å². The number of rotatable bonds is 6. The van der Waals surface area contributed by atoms with Crippen LogP contribution in [0.25, 0.3) is 0 Å². The van der Waals surface area contributed by atoms with Crippen LogP contribution in [-0.4, -0.2) is 38.0 Å². The molecule has 3 rings (SSSR count). The Morgan fingerprint density at radius 2 is 2.08 bits per heavy atom. The van der Waals surface area contributed by atoms with Crippen molar-refractivity contribution in [3.05, 3.63) is 53.7 Å². The molecule has 1 aromatic heterocycles. The summed E-state index contributed by atoms with van der Waals surface area (Å²) < 4.78 is 24.9. The minimum absolute atomic E-state index is 0.0807. The molecule has 1 aliphatic rings. The quantitative estimate of drug-likeness (QED) is 0.850. The van der Waals surface area contributed by atoms with E-state index in [1.54, 1.807) is 18.2 Å². The van der Waals surface area contributed by atoms with Crippen molar-refractivity contribution < 1.29 is 18.7 Å². The van der Waals surface area contributed by atoms with Gasteiger partial charge in [0.25, 0.3) is 0 Å². The average molecular weight is 334 g/mol. The fourth-order valence-electron chi connectivity index (χ4n) is 2.84.